The molecule has 0 atom stereocenters. The molecule has 2 aromatic rings. The number of aryl methyl sites for hydroxylation is 1. The Hall–Kier alpha value is -1.72. The number of rotatable bonds is 2. The number of morpholine rings is 1. The van der Waals surface area contributed by atoms with Crippen LogP contribution in [0.1, 0.15) is 15.2 Å². The highest BCUT2D eigenvalue weighted by Crippen LogP contribution is 2.28. The van der Waals surface area contributed by atoms with Gasteiger partial charge in [0.05, 0.1) is 19.4 Å². The Labute approximate surface area is 122 Å². The SMILES string of the molecule is Cc1ccccc1-c1ncc(C(=O)N2CCOCC2)s1. The van der Waals surface area contributed by atoms with Gasteiger partial charge in [-0.3, -0.25) is 4.79 Å². The Balaban J connectivity index is 1.83. The van der Waals surface area contributed by atoms with Crippen molar-refractivity contribution in [3.05, 3.63) is 40.9 Å². The molecule has 0 aliphatic carbocycles. The lowest BCUT2D eigenvalue weighted by Crippen LogP contribution is -2.40. The smallest absolute Gasteiger partial charge is 0.265 e. The molecule has 3 rings (SSSR count). The van der Waals surface area contributed by atoms with Crippen molar-refractivity contribution >= 4 is 17.2 Å². The van der Waals surface area contributed by atoms with E-state index in [4.69, 9.17) is 4.74 Å². The van der Waals surface area contributed by atoms with Gasteiger partial charge in [0, 0.05) is 18.7 Å². The fraction of sp³-hybridized carbons (Fsp3) is 0.333. The van der Waals surface area contributed by atoms with Gasteiger partial charge in [-0.25, -0.2) is 4.98 Å². The van der Waals surface area contributed by atoms with Crippen molar-refractivity contribution in [3.8, 4) is 10.6 Å². The van der Waals surface area contributed by atoms with Gasteiger partial charge in [0.2, 0.25) is 0 Å². The molecule has 1 aliphatic rings. The first-order valence-corrected chi connectivity index (χ1v) is 7.46. The molecule has 1 fully saturated rings. The van der Waals surface area contributed by atoms with Crippen LogP contribution < -0.4 is 0 Å². The number of carbonyl (C=O) groups is 1. The van der Waals surface area contributed by atoms with Crippen LogP contribution in [-0.2, 0) is 4.74 Å². The molecule has 1 aromatic heterocycles. The third-order valence-corrected chi connectivity index (χ3v) is 4.41. The van der Waals surface area contributed by atoms with Crippen LogP contribution in [-0.4, -0.2) is 42.1 Å². The van der Waals surface area contributed by atoms with Crippen molar-refractivity contribution in [2.75, 3.05) is 26.3 Å². The molecule has 1 saturated heterocycles. The highest BCUT2D eigenvalue weighted by molar-refractivity contribution is 7.16. The van der Waals surface area contributed by atoms with E-state index < -0.39 is 0 Å². The van der Waals surface area contributed by atoms with Gasteiger partial charge in [-0.15, -0.1) is 11.3 Å². The Morgan fingerprint density at radius 1 is 1.30 bits per heavy atom. The first-order valence-electron chi connectivity index (χ1n) is 6.64. The summed E-state index contributed by atoms with van der Waals surface area (Å²) in [6.45, 7) is 4.62. The van der Waals surface area contributed by atoms with Gasteiger partial charge >= 0.3 is 0 Å². The van der Waals surface area contributed by atoms with E-state index in [1.54, 1.807) is 6.20 Å². The summed E-state index contributed by atoms with van der Waals surface area (Å²) in [4.78, 5) is 19.3. The van der Waals surface area contributed by atoms with Crippen LogP contribution in [0.15, 0.2) is 30.5 Å². The van der Waals surface area contributed by atoms with Crippen molar-refractivity contribution in [1.29, 1.82) is 0 Å². The zero-order chi connectivity index (χ0) is 13.9. The number of aromatic nitrogens is 1. The topological polar surface area (TPSA) is 42.4 Å². The van der Waals surface area contributed by atoms with Gasteiger partial charge in [-0.05, 0) is 12.5 Å². The van der Waals surface area contributed by atoms with E-state index in [-0.39, 0.29) is 5.91 Å². The molecule has 0 spiro atoms. The first-order chi connectivity index (χ1) is 9.75. The summed E-state index contributed by atoms with van der Waals surface area (Å²) in [5.74, 6) is 0.0608. The van der Waals surface area contributed by atoms with E-state index in [0.717, 1.165) is 10.6 Å². The standard InChI is InChI=1S/C15H16N2O2S/c1-11-4-2-3-5-12(11)14-16-10-13(20-14)15(18)17-6-8-19-9-7-17/h2-5,10H,6-9H2,1H3. The zero-order valence-electron chi connectivity index (χ0n) is 11.3. The quantitative estimate of drug-likeness (QED) is 0.853. The number of carbonyl (C=O) groups excluding carboxylic acids is 1. The lowest BCUT2D eigenvalue weighted by Gasteiger charge is -2.26. The number of hydrogen-bond acceptors (Lipinski definition) is 4. The largest absolute Gasteiger partial charge is 0.378 e. The molecule has 0 bridgehead atoms. The molecular weight excluding hydrogens is 272 g/mol. The van der Waals surface area contributed by atoms with Crippen molar-refractivity contribution in [2.24, 2.45) is 0 Å². The van der Waals surface area contributed by atoms with Crippen molar-refractivity contribution in [3.63, 3.8) is 0 Å². The summed E-state index contributed by atoms with van der Waals surface area (Å²) in [7, 11) is 0. The first kappa shape index (κ1) is 13.3. The average Bonchev–Trinajstić information content (AvgIpc) is 2.97. The van der Waals surface area contributed by atoms with Crippen LogP contribution in [0.5, 0.6) is 0 Å². The molecule has 2 heterocycles. The molecule has 5 heteroatoms. The molecule has 1 amide bonds. The predicted molar refractivity (Wildman–Crippen MR) is 79.0 cm³/mol. The second kappa shape index (κ2) is 5.73. The van der Waals surface area contributed by atoms with E-state index in [1.807, 2.05) is 23.1 Å². The van der Waals surface area contributed by atoms with Crippen LogP contribution in [0.4, 0.5) is 0 Å². The van der Waals surface area contributed by atoms with Crippen molar-refractivity contribution in [2.45, 2.75) is 6.92 Å². The third-order valence-electron chi connectivity index (χ3n) is 3.39. The van der Waals surface area contributed by atoms with Gasteiger partial charge in [0.25, 0.3) is 5.91 Å². The Kier molecular flexibility index (Phi) is 3.80. The summed E-state index contributed by atoms with van der Waals surface area (Å²) in [6.07, 6.45) is 1.68. The maximum absolute atomic E-state index is 12.4. The normalized spacial score (nSPS) is 15.3. The van der Waals surface area contributed by atoms with E-state index >= 15 is 0 Å². The maximum atomic E-state index is 12.4. The molecule has 20 heavy (non-hydrogen) atoms. The van der Waals surface area contributed by atoms with E-state index in [0.29, 0.717) is 31.2 Å². The summed E-state index contributed by atoms with van der Waals surface area (Å²) in [5.41, 5.74) is 2.27. The van der Waals surface area contributed by atoms with E-state index in [1.165, 1.54) is 16.9 Å². The van der Waals surface area contributed by atoms with Gasteiger partial charge in [0.1, 0.15) is 9.88 Å². The molecule has 4 nitrogen and oxygen atoms in total. The van der Waals surface area contributed by atoms with Gasteiger partial charge < -0.3 is 9.64 Å². The predicted octanol–water partition coefficient (Wildman–Crippen LogP) is 2.59. The molecule has 0 unspecified atom stereocenters. The molecule has 104 valence electrons. The van der Waals surface area contributed by atoms with E-state index in [9.17, 15) is 4.79 Å². The van der Waals surface area contributed by atoms with Gasteiger partial charge in [-0.1, -0.05) is 24.3 Å². The Bertz CT molecular complexity index is 618. The van der Waals surface area contributed by atoms with Crippen LogP contribution >= 0.6 is 11.3 Å². The Morgan fingerprint density at radius 3 is 2.80 bits per heavy atom. The zero-order valence-corrected chi connectivity index (χ0v) is 12.2. The second-order valence-electron chi connectivity index (χ2n) is 4.75. The molecule has 0 saturated carbocycles. The highest BCUT2D eigenvalue weighted by atomic mass is 32.1. The van der Waals surface area contributed by atoms with Crippen LogP contribution in [0, 0.1) is 6.92 Å². The fourth-order valence-electron chi connectivity index (χ4n) is 2.23. The highest BCUT2D eigenvalue weighted by Gasteiger charge is 2.21. The molecular formula is C15H16N2O2S. The van der Waals surface area contributed by atoms with Crippen LogP contribution in [0.25, 0.3) is 10.6 Å². The minimum atomic E-state index is 0.0608. The van der Waals surface area contributed by atoms with E-state index in [2.05, 4.69) is 18.0 Å². The summed E-state index contributed by atoms with van der Waals surface area (Å²) >= 11 is 1.46. The molecule has 1 aliphatic heterocycles. The minimum Gasteiger partial charge on any atom is -0.378 e. The number of thiazole rings is 1. The molecule has 1 aromatic carbocycles. The fourth-order valence-corrected chi connectivity index (χ4v) is 3.21. The number of hydrogen-bond donors (Lipinski definition) is 0. The number of amides is 1. The number of benzene rings is 1. The van der Waals surface area contributed by atoms with Gasteiger partial charge in [-0.2, -0.15) is 0 Å². The maximum Gasteiger partial charge on any atom is 0.265 e. The van der Waals surface area contributed by atoms with Crippen LogP contribution in [0.2, 0.25) is 0 Å². The lowest BCUT2D eigenvalue weighted by molar-refractivity contribution is 0.0306. The second-order valence-corrected chi connectivity index (χ2v) is 5.78. The molecule has 0 radical (unpaired) electrons. The van der Waals surface area contributed by atoms with Gasteiger partial charge in [0.15, 0.2) is 0 Å². The summed E-state index contributed by atoms with van der Waals surface area (Å²) in [6, 6.07) is 8.09. The minimum absolute atomic E-state index is 0.0608. The summed E-state index contributed by atoms with van der Waals surface area (Å²) < 4.78 is 5.27. The van der Waals surface area contributed by atoms with Crippen molar-refractivity contribution < 1.29 is 9.53 Å². The third kappa shape index (κ3) is 2.59. The lowest BCUT2D eigenvalue weighted by atomic mass is 10.1. The monoisotopic (exact) mass is 288 g/mol. The average molecular weight is 288 g/mol. The molecule has 0 N–H and O–H groups in total. The Morgan fingerprint density at radius 2 is 2.05 bits per heavy atom. The number of nitrogens with zero attached hydrogens (tertiary/aromatic N) is 2. The summed E-state index contributed by atoms with van der Waals surface area (Å²) in [5, 5.41) is 0.903. The van der Waals surface area contributed by atoms with Crippen LogP contribution in [0.3, 0.4) is 0 Å². The number of ether oxygens (including phenoxy) is 1. The van der Waals surface area contributed by atoms with Crippen molar-refractivity contribution in [1.82, 2.24) is 9.88 Å².